The molecule has 1 atom stereocenters. The summed E-state index contributed by atoms with van der Waals surface area (Å²) < 4.78 is 66.3. The number of carbonyl (C=O) groups is 1. The first kappa shape index (κ1) is 23.9. The standard InChI is InChI=1S/C21H20F3N5O4S2/c22-21(23,24)13-4-6-14(7-5-13)35(32,33)29-9-8-28(11-15(29)19(30)31)20-27-18-16(34-20)10-25-17(26-18)12-2-1-3-12/h4-7,10,12,15H,1-3,8-9,11H2,(H,30,31)/t15-/m1/s1. The van der Waals surface area contributed by atoms with E-state index in [0.717, 1.165) is 46.2 Å². The van der Waals surface area contributed by atoms with Crippen molar-refractivity contribution in [3.63, 3.8) is 0 Å². The number of nitrogens with zero attached hydrogens (tertiary/aromatic N) is 5. The quantitative estimate of drug-likeness (QED) is 0.537. The van der Waals surface area contributed by atoms with E-state index in [9.17, 15) is 31.5 Å². The van der Waals surface area contributed by atoms with Crippen molar-refractivity contribution in [1.29, 1.82) is 0 Å². The molecule has 0 amide bonds. The number of fused-ring (bicyclic) bond motifs is 1. The first-order valence-electron chi connectivity index (χ1n) is 10.8. The summed E-state index contributed by atoms with van der Waals surface area (Å²) in [6.07, 6.45) is 0.315. The largest absolute Gasteiger partial charge is 0.480 e. The molecular formula is C21H20F3N5O4S2. The highest BCUT2D eigenvalue weighted by Crippen LogP contribution is 2.36. The van der Waals surface area contributed by atoms with Crippen LogP contribution in [0.25, 0.3) is 10.3 Å². The van der Waals surface area contributed by atoms with Gasteiger partial charge in [-0.25, -0.2) is 18.4 Å². The number of hydrogen-bond donors (Lipinski definition) is 1. The van der Waals surface area contributed by atoms with Gasteiger partial charge < -0.3 is 10.0 Å². The normalized spacial score (nSPS) is 20.2. The molecule has 0 spiro atoms. The van der Waals surface area contributed by atoms with Crippen LogP contribution < -0.4 is 4.90 Å². The molecule has 1 saturated heterocycles. The summed E-state index contributed by atoms with van der Waals surface area (Å²) >= 11 is 1.29. The van der Waals surface area contributed by atoms with Crippen LogP contribution in [0.1, 0.15) is 36.6 Å². The molecule has 9 nitrogen and oxygen atoms in total. The second kappa shape index (κ2) is 8.68. The Morgan fingerprint density at radius 2 is 1.83 bits per heavy atom. The zero-order chi connectivity index (χ0) is 25.0. The molecule has 0 unspecified atom stereocenters. The Morgan fingerprint density at radius 3 is 2.43 bits per heavy atom. The minimum atomic E-state index is -4.61. The molecule has 3 heterocycles. The number of aliphatic carboxylic acids is 1. The van der Waals surface area contributed by atoms with Crippen molar-refractivity contribution in [2.24, 2.45) is 0 Å². The predicted octanol–water partition coefficient (Wildman–Crippen LogP) is 3.34. The molecule has 3 aromatic rings. The van der Waals surface area contributed by atoms with E-state index in [-0.39, 0.29) is 19.6 Å². The van der Waals surface area contributed by atoms with Crippen molar-refractivity contribution in [1.82, 2.24) is 19.3 Å². The highest BCUT2D eigenvalue weighted by molar-refractivity contribution is 7.89. The van der Waals surface area contributed by atoms with Gasteiger partial charge in [0.1, 0.15) is 11.9 Å². The van der Waals surface area contributed by atoms with Gasteiger partial charge in [0.05, 0.1) is 21.4 Å². The molecule has 2 aliphatic rings. The van der Waals surface area contributed by atoms with Gasteiger partial charge in [-0.15, -0.1) is 0 Å². The van der Waals surface area contributed by atoms with Gasteiger partial charge in [0.25, 0.3) is 0 Å². The van der Waals surface area contributed by atoms with Crippen LogP contribution in [0.15, 0.2) is 35.4 Å². The number of benzene rings is 1. The minimum absolute atomic E-state index is 0.159. The molecule has 1 aliphatic heterocycles. The van der Waals surface area contributed by atoms with Crippen LogP contribution in [0.2, 0.25) is 0 Å². The van der Waals surface area contributed by atoms with Gasteiger partial charge in [0, 0.05) is 25.6 Å². The second-order valence-electron chi connectivity index (χ2n) is 8.48. The van der Waals surface area contributed by atoms with E-state index in [4.69, 9.17) is 0 Å². The molecule has 0 bridgehead atoms. The number of carboxylic acid groups (broad SMARTS) is 1. The van der Waals surface area contributed by atoms with Gasteiger partial charge in [-0.1, -0.05) is 17.8 Å². The summed E-state index contributed by atoms with van der Waals surface area (Å²) in [5.74, 6) is -0.283. The minimum Gasteiger partial charge on any atom is -0.480 e. The highest BCUT2D eigenvalue weighted by Gasteiger charge is 2.41. The number of alkyl halides is 3. The molecule has 1 aromatic carbocycles. The maximum Gasteiger partial charge on any atom is 0.416 e. The van der Waals surface area contributed by atoms with E-state index in [1.165, 1.54) is 11.3 Å². The lowest BCUT2D eigenvalue weighted by atomic mass is 9.85. The van der Waals surface area contributed by atoms with Crippen LogP contribution in [0, 0.1) is 0 Å². The van der Waals surface area contributed by atoms with Crippen LogP contribution in [0.5, 0.6) is 0 Å². The Balaban J connectivity index is 1.38. The summed E-state index contributed by atoms with van der Waals surface area (Å²) in [7, 11) is -4.34. The van der Waals surface area contributed by atoms with E-state index in [2.05, 4.69) is 15.0 Å². The topological polar surface area (TPSA) is 117 Å². The Labute approximate surface area is 202 Å². The van der Waals surface area contributed by atoms with Crippen molar-refractivity contribution in [3.8, 4) is 0 Å². The zero-order valence-electron chi connectivity index (χ0n) is 18.1. The van der Waals surface area contributed by atoms with E-state index in [1.807, 2.05) is 0 Å². The third-order valence-corrected chi connectivity index (χ3v) is 9.27. The van der Waals surface area contributed by atoms with Gasteiger partial charge in [-0.2, -0.15) is 22.5 Å². The Bertz CT molecular complexity index is 1370. The number of piperazine rings is 1. The van der Waals surface area contributed by atoms with Crippen LogP contribution in [0.3, 0.4) is 0 Å². The molecule has 1 aliphatic carbocycles. The average molecular weight is 528 g/mol. The summed E-state index contributed by atoms with van der Waals surface area (Å²) in [5, 5.41) is 10.3. The third-order valence-electron chi connectivity index (χ3n) is 6.30. The number of aromatic nitrogens is 3. The first-order valence-corrected chi connectivity index (χ1v) is 13.1. The monoisotopic (exact) mass is 527 g/mol. The number of rotatable bonds is 5. The number of carboxylic acids is 1. The molecule has 2 fully saturated rings. The maximum absolute atomic E-state index is 13.1. The Hall–Kier alpha value is -2.84. The fourth-order valence-electron chi connectivity index (χ4n) is 4.12. The molecule has 1 saturated carbocycles. The molecule has 1 N–H and O–H groups in total. The second-order valence-corrected chi connectivity index (χ2v) is 11.4. The Kier molecular flexibility index (Phi) is 5.92. The highest BCUT2D eigenvalue weighted by atomic mass is 32.2. The number of hydrogen-bond acceptors (Lipinski definition) is 8. The van der Waals surface area contributed by atoms with E-state index < -0.39 is 38.7 Å². The van der Waals surface area contributed by atoms with Crippen molar-refractivity contribution in [2.45, 2.75) is 42.3 Å². The molecule has 35 heavy (non-hydrogen) atoms. The molecule has 186 valence electrons. The number of thiazole rings is 1. The maximum atomic E-state index is 13.1. The fraction of sp³-hybridized carbons (Fsp3) is 0.429. The van der Waals surface area contributed by atoms with Gasteiger partial charge in [0.15, 0.2) is 10.8 Å². The first-order chi connectivity index (χ1) is 16.5. The predicted molar refractivity (Wildman–Crippen MR) is 121 cm³/mol. The van der Waals surface area contributed by atoms with Crippen LogP contribution >= 0.6 is 11.3 Å². The zero-order valence-corrected chi connectivity index (χ0v) is 19.8. The fourth-order valence-corrected chi connectivity index (χ4v) is 6.59. The average Bonchev–Trinajstić information content (AvgIpc) is 3.20. The summed E-state index contributed by atoms with van der Waals surface area (Å²) in [6, 6.07) is 1.57. The SMILES string of the molecule is O=C(O)[C@H]1CN(c2nc3nc(C4CCC4)ncc3s2)CCN1S(=O)(=O)c1ccc(C(F)(F)F)cc1. The number of halogens is 3. The summed E-state index contributed by atoms with van der Waals surface area (Å²) in [5.41, 5.74) is -0.468. The van der Waals surface area contributed by atoms with E-state index in [0.29, 0.717) is 28.8 Å². The van der Waals surface area contributed by atoms with E-state index in [1.54, 1.807) is 11.1 Å². The van der Waals surface area contributed by atoms with Crippen molar-refractivity contribution in [3.05, 3.63) is 41.9 Å². The van der Waals surface area contributed by atoms with Crippen molar-refractivity contribution in [2.75, 3.05) is 24.5 Å². The number of sulfonamides is 1. The smallest absolute Gasteiger partial charge is 0.416 e. The van der Waals surface area contributed by atoms with Crippen LogP contribution in [-0.4, -0.2) is 64.4 Å². The van der Waals surface area contributed by atoms with Gasteiger partial charge >= 0.3 is 12.1 Å². The lowest BCUT2D eigenvalue weighted by Crippen LogP contribution is -2.58. The lowest BCUT2D eigenvalue weighted by molar-refractivity contribution is -0.141. The van der Waals surface area contributed by atoms with Gasteiger partial charge in [-0.3, -0.25) is 4.79 Å². The molecule has 2 aromatic heterocycles. The third kappa shape index (κ3) is 4.45. The van der Waals surface area contributed by atoms with Gasteiger partial charge in [0.2, 0.25) is 10.0 Å². The lowest BCUT2D eigenvalue weighted by Gasteiger charge is -2.38. The molecule has 5 rings (SSSR count). The van der Waals surface area contributed by atoms with Crippen molar-refractivity contribution >= 4 is 42.8 Å². The van der Waals surface area contributed by atoms with Crippen molar-refractivity contribution < 1.29 is 31.5 Å². The molecular weight excluding hydrogens is 507 g/mol. The Morgan fingerprint density at radius 1 is 1.11 bits per heavy atom. The number of anilines is 1. The molecule has 14 heteroatoms. The van der Waals surface area contributed by atoms with Gasteiger partial charge in [-0.05, 0) is 37.1 Å². The van der Waals surface area contributed by atoms with E-state index >= 15 is 0 Å². The summed E-state index contributed by atoms with van der Waals surface area (Å²) in [6.45, 7) is -0.181. The summed E-state index contributed by atoms with van der Waals surface area (Å²) in [4.78, 5) is 26.8. The van der Waals surface area contributed by atoms with Crippen LogP contribution in [0.4, 0.5) is 18.3 Å². The van der Waals surface area contributed by atoms with Crippen LogP contribution in [-0.2, 0) is 21.0 Å². The molecule has 0 radical (unpaired) electrons.